The number of amidine groups is 1. The van der Waals surface area contributed by atoms with E-state index in [-0.39, 0.29) is 0 Å². The Morgan fingerprint density at radius 1 is 1.60 bits per heavy atom. The van der Waals surface area contributed by atoms with E-state index in [0.29, 0.717) is 17.0 Å². The van der Waals surface area contributed by atoms with Crippen LogP contribution in [0.4, 0.5) is 0 Å². The van der Waals surface area contributed by atoms with Gasteiger partial charge >= 0.3 is 0 Å². The zero-order valence-electron chi connectivity index (χ0n) is 8.56. The molecule has 0 unspecified atom stereocenters. The molecule has 1 saturated carbocycles. The van der Waals surface area contributed by atoms with Crippen molar-refractivity contribution in [3.05, 3.63) is 18.0 Å². The highest BCUT2D eigenvalue weighted by Gasteiger charge is 2.14. The minimum absolute atomic E-state index is 0.451. The maximum atomic E-state index is 5.82. The molecule has 1 aliphatic rings. The summed E-state index contributed by atoms with van der Waals surface area (Å²) in [5.41, 5.74) is 5.82. The third kappa shape index (κ3) is 3.27. The summed E-state index contributed by atoms with van der Waals surface area (Å²) in [5, 5.41) is 4.30. The molecule has 0 radical (unpaired) electrons. The van der Waals surface area contributed by atoms with Crippen LogP contribution in [0.25, 0.3) is 0 Å². The first-order valence-corrected chi connectivity index (χ1v) is 6.19. The van der Waals surface area contributed by atoms with E-state index >= 15 is 0 Å². The quantitative estimate of drug-likeness (QED) is 0.632. The van der Waals surface area contributed by atoms with Gasteiger partial charge in [-0.05, 0) is 12.8 Å². The topological polar surface area (TPSA) is 64.4 Å². The number of aliphatic imine (C=N–C) groups is 1. The molecule has 0 saturated heterocycles. The maximum Gasteiger partial charge on any atom is 0.154 e. The fourth-order valence-corrected chi connectivity index (χ4v) is 2.37. The summed E-state index contributed by atoms with van der Waals surface area (Å²) in [7, 11) is 0. The smallest absolute Gasteiger partial charge is 0.154 e. The molecule has 1 aliphatic carbocycles. The van der Waals surface area contributed by atoms with Crippen molar-refractivity contribution in [1.82, 2.24) is 5.16 Å². The predicted octanol–water partition coefficient (Wildman–Crippen LogP) is 2.17. The van der Waals surface area contributed by atoms with E-state index in [1.165, 1.54) is 37.4 Å². The molecular weight excluding hydrogens is 210 g/mol. The number of nitrogens with zero attached hydrogens (tertiary/aromatic N) is 2. The lowest BCUT2D eigenvalue weighted by Crippen LogP contribution is -2.11. The van der Waals surface area contributed by atoms with Gasteiger partial charge in [0.05, 0.1) is 18.0 Å². The first-order valence-electron chi connectivity index (χ1n) is 5.20. The van der Waals surface area contributed by atoms with Crippen LogP contribution in [0.3, 0.4) is 0 Å². The van der Waals surface area contributed by atoms with Crippen molar-refractivity contribution >= 4 is 16.9 Å². The number of rotatable bonds is 3. The van der Waals surface area contributed by atoms with Crippen LogP contribution in [0.1, 0.15) is 31.4 Å². The monoisotopic (exact) mass is 225 g/mol. The lowest BCUT2D eigenvalue weighted by atomic mass is 10.3. The first-order chi connectivity index (χ1) is 7.34. The SMILES string of the molecule is NC(=NC1CCCC1)SCc1ccno1. The van der Waals surface area contributed by atoms with Crippen molar-refractivity contribution in [3.8, 4) is 0 Å². The summed E-state index contributed by atoms with van der Waals surface area (Å²) in [4.78, 5) is 4.47. The zero-order valence-corrected chi connectivity index (χ0v) is 9.37. The van der Waals surface area contributed by atoms with Crippen molar-refractivity contribution in [2.75, 3.05) is 0 Å². The third-order valence-electron chi connectivity index (χ3n) is 2.49. The van der Waals surface area contributed by atoms with Crippen molar-refractivity contribution in [1.29, 1.82) is 0 Å². The van der Waals surface area contributed by atoms with Crippen LogP contribution in [0.2, 0.25) is 0 Å². The van der Waals surface area contributed by atoms with Gasteiger partial charge in [-0.3, -0.25) is 4.99 Å². The molecule has 0 spiro atoms. The van der Waals surface area contributed by atoms with Gasteiger partial charge in [-0.1, -0.05) is 29.8 Å². The molecule has 1 aromatic rings. The van der Waals surface area contributed by atoms with Crippen LogP contribution >= 0.6 is 11.8 Å². The highest BCUT2D eigenvalue weighted by molar-refractivity contribution is 8.13. The summed E-state index contributed by atoms with van der Waals surface area (Å²) in [6.07, 6.45) is 6.58. The van der Waals surface area contributed by atoms with Gasteiger partial charge in [0.1, 0.15) is 5.76 Å². The molecule has 0 aliphatic heterocycles. The van der Waals surface area contributed by atoms with E-state index in [2.05, 4.69) is 10.1 Å². The normalized spacial score (nSPS) is 18.5. The summed E-state index contributed by atoms with van der Waals surface area (Å²) in [6, 6.07) is 2.29. The molecule has 5 heteroatoms. The Hall–Kier alpha value is -0.970. The average Bonchev–Trinajstić information content (AvgIpc) is 2.86. The second-order valence-corrected chi connectivity index (χ2v) is 4.67. The average molecular weight is 225 g/mol. The van der Waals surface area contributed by atoms with Gasteiger partial charge < -0.3 is 10.3 Å². The molecule has 0 atom stereocenters. The second kappa shape index (κ2) is 5.21. The van der Waals surface area contributed by atoms with Gasteiger partial charge in [0, 0.05) is 6.07 Å². The highest BCUT2D eigenvalue weighted by Crippen LogP contribution is 2.22. The van der Waals surface area contributed by atoms with Crippen LogP contribution in [-0.4, -0.2) is 16.4 Å². The molecule has 0 amide bonds. The third-order valence-corrected chi connectivity index (χ3v) is 3.32. The van der Waals surface area contributed by atoms with Crippen LogP contribution in [0.15, 0.2) is 21.8 Å². The van der Waals surface area contributed by atoms with E-state index in [4.69, 9.17) is 10.3 Å². The van der Waals surface area contributed by atoms with Crippen molar-refractivity contribution < 1.29 is 4.52 Å². The molecule has 0 bridgehead atoms. The molecule has 1 fully saturated rings. The molecule has 1 aromatic heterocycles. The maximum absolute atomic E-state index is 5.82. The lowest BCUT2D eigenvalue weighted by Gasteiger charge is -2.03. The Bertz CT molecular complexity index is 317. The summed E-state index contributed by atoms with van der Waals surface area (Å²) >= 11 is 1.51. The highest BCUT2D eigenvalue weighted by atomic mass is 32.2. The molecule has 0 aromatic carbocycles. The van der Waals surface area contributed by atoms with Crippen LogP contribution in [0, 0.1) is 0 Å². The minimum Gasteiger partial charge on any atom is -0.379 e. The van der Waals surface area contributed by atoms with E-state index in [0.717, 1.165) is 5.76 Å². The standard InChI is InChI=1S/C10H15N3OS/c11-10(13-8-3-1-2-4-8)15-7-9-5-6-12-14-9/h5-6,8H,1-4,7H2,(H2,11,13). The van der Waals surface area contributed by atoms with Gasteiger partial charge in [0.25, 0.3) is 0 Å². The second-order valence-electron chi connectivity index (χ2n) is 3.67. The summed E-state index contributed by atoms with van der Waals surface area (Å²) in [5.74, 6) is 1.55. The number of nitrogens with two attached hydrogens (primary N) is 1. The summed E-state index contributed by atoms with van der Waals surface area (Å²) in [6.45, 7) is 0. The molecule has 15 heavy (non-hydrogen) atoms. The summed E-state index contributed by atoms with van der Waals surface area (Å²) < 4.78 is 4.97. The van der Waals surface area contributed by atoms with Crippen molar-refractivity contribution in [2.24, 2.45) is 10.7 Å². The molecule has 2 N–H and O–H groups in total. The minimum atomic E-state index is 0.451. The molecule has 1 heterocycles. The number of thioether (sulfide) groups is 1. The molecular formula is C10H15N3OS. The van der Waals surface area contributed by atoms with Gasteiger partial charge in [-0.2, -0.15) is 0 Å². The van der Waals surface area contributed by atoms with E-state index in [9.17, 15) is 0 Å². The van der Waals surface area contributed by atoms with Crippen LogP contribution < -0.4 is 5.73 Å². The van der Waals surface area contributed by atoms with Gasteiger partial charge in [0.15, 0.2) is 5.17 Å². The van der Waals surface area contributed by atoms with E-state index < -0.39 is 0 Å². The first kappa shape index (κ1) is 10.5. The lowest BCUT2D eigenvalue weighted by molar-refractivity contribution is 0.395. The Morgan fingerprint density at radius 2 is 2.40 bits per heavy atom. The van der Waals surface area contributed by atoms with Gasteiger partial charge in [-0.25, -0.2) is 0 Å². The van der Waals surface area contributed by atoms with Crippen LogP contribution in [0.5, 0.6) is 0 Å². The predicted molar refractivity (Wildman–Crippen MR) is 61.7 cm³/mol. The molecule has 2 rings (SSSR count). The number of aromatic nitrogens is 1. The fourth-order valence-electron chi connectivity index (χ4n) is 1.71. The van der Waals surface area contributed by atoms with Crippen molar-refractivity contribution in [3.63, 3.8) is 0 Å². The van der Waals surface area contributed by atoms with E-state index in [1.54, 1.807) is 6.20 Å². The number of hydrogen-bond acceptors (Lipinski definition) is 4. The van der Waals surface area contributed by atoms with E-state index in [1.807, 2.05) is 6.07 Å². The Labute approximate surface area is 93.3 Å². The Kier molecular flexibility index (Phi) is 3.66. The van der Waals surface area contributed by atoms with Crippen molar-refractivity contribution in [2.45, 2.75) is 37.5 Å². The number of hydrogen-bond donors (Lipinski definition) is 1. The molecule has 4 nitrogen and oxygen atoms in total. The Balaban J connectivity index is 1.78. The fraction of sp³-hybridized carbons (Fsp3) is 0.600. The zero-order chi connectivity index (χ0) is 10.5. The van der Waals surface area contributed by atoms with Gasteiger partial charge in [-0.15, -0.1) is 0 Å². The van der Waals surface area contributed by atoms with Gasteiger partial charge in [0.2, 0.25) is 0 Å². The molecule has 82 valence electrons. The Morgan fingerprint density at radius 3 is 3.07 bits per heavy atom. The van der Waals surface area contributed by atoms with Crippen LogP contribution in [-0.2, 0) is 5.75 Å². The largest absolute Gasteiger partial charge is 0.379 e.